The van der Waals surface area contributed by atoms with Gasteiger partial charge in [-0.15, -0.1) is 0 Å². The van der Waals surface area contributed by atoms with E-state index in [2.05, 4.69) is 10.6 Å². The summed E-state index contributed by atoms with van der Waals surface area (Å²) in [7, 11) is 0. The van der Waals surface area contributed by atoms with Gasteiger partial charge in [-0.25, -0.2) is 4.39 Å². The van der Waals surface area contributed by atoms with Crippen molar-refractivity contribution in [3.63, 3.8) is 0 Å². The Hall–Kier alpha value is -1.42. The molecule has 1 saturated heterocycles. The van der Waals surface area contributed by atoms with Crippen LogP contribution in [0.25, 0.3) is 0 Å². The molecule has 1 aliphatic rings. The molecule has 0 spiro atoms. The van der Waals surface area contributed by atoms with Crippen molar-refractivity contribution in [2.75, 3.05) is 13.1 Å². The van der Waals surface area contributed by atoms with E-state index < -0.39 is 0 Å². The molecule has 2 unspecified atom stereocenters. The van der Waals surface area contributed by atoms with Gasteiger partial charge in [-0.05, 0) is 32.4 Å². The van der Waals surface area contributed by atoms with E-state index in [9.17, 15) is 9.18 Å². The van der Waals surface area contributed by atoms with Crippen molar-refractivity contribution in [1.82, 2.24) is 10.6 Å². The Kier molecular flexibility index (Phi) is 4.31. The topological polar surface area (TPSA) is 41.1 Å². The Labute approximate surface area is 107 Å². The molecular weight excluding hydrogens is 231 g/mol. The minimum absolute atomic E-state index is 0.00738. The Morgan fingerprint density at radius 3 is 2.94 bits per heavy atom. The summed E-state index contributed by atoms with van der Waals surface area (Å²) < 4.78 is 13.6. The molecule has 18 heavy (non-hydrogen) atoms. The Balaban J connectivity index is 1.96. The maximum absolute atomic E-state index is 13.6. The highest BCUT2D eigenvalue weighted by molar-refractivity contribution is 5.79. The Morgan fingerprint density at radius 1 is 1.50 bits per heavy atom. The number of benzene rings is 1. The van der Waals surface area contributed by atoms with Crippen molar-refractivity contribution in [2.24, 2.45) is 5.92 Å². The number of carbonyl (C=O) groups is 1. The van der Waals surface area contributed by atoms with Gasteiger partial charge < -0.3 is 10.6 Å². The largest absolute Gasteiger partial charge is 0.349 e. The van der Waals surface area contributed by atoms with Gasteiger partial charge in [0.05, 0.1) is 12.0 Å². The van der Waals surface area contributed by atoms with Crippen LogP contribution in [0, 0.1) is 11.7 Å². The molecule has 1 aromatic carbocycles. The molecule has 0 bridgehead atoms. The minimum Gasteiger partial charge on any atom is -0.349 e. The third-order valence-corrected chi connectivity index (χ3v) is 3.40. The summed E-state index contributed by atoms with van der Waals surface area (Å²) in [5, 5.41) is 6.09. The lowest BCUT2D eigenvalue weighted by Crippen LogP contribution is -2.41. The third-order valence-electron chi connectivity index (χ3n) is 3.40. The van der Waals surface area contributed by atoms with Gasteiger partial charge in [-0.2, -0.15) is 0 Å². The van der Waals surface area contributed by atoms with Gasteiger partial charge in [-0.3, -0.25) is 4.79 Å². The molecule has 1 amide bonds. The first kappa shape index (κ1) is 13.0. The summed E-state index contributed by atoms with van der Waals surface area (Å²) in [6.07, 6.45) is 1.93. The van der Waals surface area contributed by atoms with Gasteiger partial charge >= 0.3 is 0 Å². The van der Waals surface area contributed by atoms with Crippen LogP contribution >= 0.6 is 0 Å². The normalized spacial score (nSPS) is 21.3. The number of piperidine rings is 1. The molecule has 0 radical (unpaired) electrons. The predicted molar refractivity (Wildman–Crippen MR) is 68.6 cm³/mol. The Morgan fingerprint density at radius 2 is 2.28 bits per heavy atom. The van der Waals surface area contributed by atoms with Crippen LogP contribution in [0.15, 0.2) is 24.3 Å². The van der Waals surface area contributed by atoms with Crippen LogP contribution in [0.4, 0.5) is 4.39 Å². The summed E-state index contributed by atoms with van der Waals surface area (Å²) in [6, 6.07) is 6.27. The number of nitrogens with one attached hydrogen (secondary N) is 2. The monoisotopic (exact) mass is 250 g/mol. The van der Waals surface area contributed by atoms with Crippen molar-refractivity contribution in [3.8, 4) is 0 Å². The molecule has 3 nitrogen and oxygen atoms in total. The van der Waals surface area contributed by atoms with E-state index in [0.29, 0.717) is 5.56 Å². The van der Waals surface area contributed by atoms with Crippen LogP contribution in [-0.4, -0.2) is 19.0 Å². The van der Waals surface area contributed by atoms with Gasteiger partial charge in [0.15, 0.2) is 0 Å². The maximum Gasteiger partial charge on any atom is 0.224 e. The second-order valence-corrected chi connectivity index (χ2v) is 4.80. The molecule has 1 aromatic rings. The number of hydrogen-bond donors (Lipinski definition) is 2. The average molecular weight is 250 g/mol. The number of hydrogen-bond acceptors (Lipinski definition) is 2. The highest BCUT2D eigenvalue weighted by Gasteiger charge is 2.23. The predicted octanol–water partition coefficient (Wildman–Crippen LogP) is 2.00. The summed E-state index contributed by atoms with van der Waals surface area (Å²) in [4.78, 5) is 12.0. The highest BCUT2D eigenvalue weighted by atomic mass is 19.1. The molecule has 0 saturated carbocycles. The first-order valence-electron chi connectivity index (χ1n) is 6.44. The van der Waals surface area contributed by atoms with E-state index in [-0.39, 0.29) is 23.7 Å². The van der Waals surface area contributed by atoms with Crippen molar-refractivity contribution in [3.05, 3.63) is 35.6 Å². The summed E-state index contributed by atoms with van der Waals surface area (Å²) in [5.41, 5.74) is 0.537. The zero-order valence-corrected chi connectivity index (χ0v) is 10.6. The fourth-order valence-electron chi connectivity index (χ4n) is 2.31. The SMILES string of the molecule is CC(NC(=O)C1CCCNC1)c1ccccc1F. The number of rotatable bonds is 3. The van der Waals surface area contributed by atoms with Crippen LogP contribution in [0.5, 0.6) is 0 Å². The molecule has 0 aromatic heterocycles. The van der Waals surface area contributed by atoms with E-state index in [4.69, 9.17) is 0 Å². The smallest absolute Gasteiger partial charge is 0.224 e. The van der Waals surface area contributed by atoms with E-state index >= 15 is 0 Å². The summed E-state index contributed by atoms with van der Waals surface area (Å²) in [6.45, 7) is 3.51. The van der Waals surface area contributed by atoms with Gasteiger partial charge in [0.25, 0.3) is 0 Å². The van der Waals surface area contributed by atoms with Crippen LogP contribution in [-0.2, 0) is 4.79 Å². The fourth-order valence-corrected chi connectivity index (χ4v) is 2.31. The lowest BCUT2D eigenvalue weighted by atomic mass is 9.98. The number of halogens is 1. The van der Waals surface area contributed by atoms with Crippen LogP contribution in [0.3, 0.4) is 0 Å². The fraction of sp³-hybridized carbons (Fsp3) is 0.500. The maximum atomic E-state index is 13.6. The molecule has 2 atom stereocenters. The average Bonchev–Trinajstić information content (AvgIpc) is 2.40. The van der Waals surface area contributed by atoms with Crippen LogP contribution < -0.4 is 10.6 Å². The van der Waals surface area contributed by atoms with E-state index in [1.165, 1.54) is 6.07 Å². The van der Waals surface area contributed by atoms with Gasteiger partial charge in [0, 0.05) is 12.1 Å². The summed E-state index contributed by atoms with van der Waals surface area (Å²) >= 11 is 0. The van der Waals surface area contributed by atoms with Gasteiger partial charge in [0.1, 0.15) is 5.82 Å². The molecule has 1 fully saturated rings. The van der Waals surface area contributed by atoms with Crippen molar-refractivity contribution in [1.29, 1.82) is 0 Å². The molecule has 98 valence electrons. The zero-order chi connectivity index (χ0) is 13.0. The van der Waals surface area contributed by atoms with Crippen LogP contribution in [0.2, 0.25) is 0 Å². The molecule has 2 rings (SSSR count). The number of carbonyl (C=O) groups excluding carboxylic acids is 1. The van der Waals surface area contributed by atoms with E-state index in [1.54, 1.807) is 18.2 Å². The third kappa shape index (κ3) is 3.07. The molecule has 4 heteroatoms. The van der Waals surface area contributed by atoms with Gasteiger partial charge in [0.2, 0.25) is 5.91 Å². The molecule has 0 aliphatic carbocycles. The van der Waals surface area contributed by atoms with E-state index in [1.807, 2.05) is 6.92 Å². The standard InChI is InChI=1S/C14H19FN2O/c1-10(12-6-2-3-7-13(12)15)17-14(18)11-5-4-8-16-9-11/h2-3,6-7,10-11,16H,4-5,8-9H2,1H3,(H,17,18). The first-order valence-corrected chi connectivity index (χ1v) is 6.44. The van der Waals surface area contributed by atoms with Crippen molar-refractivity contribution >= 4 is 5.91 Å². The first-order chi connectivity index (χ1) is 8.68. The van der Waals surface area contributed by atoms with Crippen LogP contribution in [0.1, 0.15) is 31.4 Å². The lowest BCUT2D eigenvalue weighted by molar-refractivity contribution is -0.126. The minimum atomic E-state index is -0.291. The second-order valence-electron chi connectivity index (χ2n) is 4.80. The van der Waals surface area contributed by atoms with Crippen molar-refractivity contribution in [2.45, 2.75) is 25.8 Å². The quantitative estimate of drug-likeness (QED) is 0.861. The molecule has 1 heterocycles. The highest BCUT2D eigenvalue weighted by Crippen LogP contribution is 2.18. The molecule has 2 N–H and O–H groups in total. The molecular formula is C14H19FN2O. The Bertz CT molecular complexity index is 416. The summed E-state index contributed by atoms with van der Waals surface area (Å²) in [5.74, 6) is -0.252. The van der Waals surface area contributed by atoms with E-state index in [0.717, 1.165) is 25.9 Å². The van der Waals surface area contributed by atoms with Gasteiger partial charge in [-0.1, -0.05) is 18.2 Å². The number of amides is 1. The lowest BCUT2D eigenvalue weighted by Gasteiger charge is -2.24. The zero-order valence-electron chi connectivity index (χ0n) is 10.6. The molecule has 1 aliphatic heterocycles. The second kappa shape index (κ2) is 5.96. The van der Waals surface area contributed by atoms with Crippen molar-refractivity contribution < 1.29 is 9.18 Å².